The SMILES string of the molecule is c1ccc(-n2c3ccccc3c3ccc(-c4ccc(N(c5ccc(-c6cccc7ccccc67)cc5)c5ccc(-n6c7ccccc7c7ccccc76)c6ccccc56)cc4)cc32)cc1. The first kappa shape index (κ1) is 36.9. The van der Waals surface area contributed by atoms with Gasteiger partial charge < -0.3 is 14.0 Å². The summed E-state index contributed by atoms with van der Waals surface area (Å²) in [6.07, 6.45) is 0. The Morgan fingerprint density at radius 2 is 0.769 bits per heavy atom. The Balaban J connectivity index is 0.971. The molecule has 304 valence electrons. The van der Waals surface area contributed by atoms with Gasteiger partial charge in [-0.15, -0.1) is 0 Å². The molecule has 3 nitrogen and oxygen atoms in total. The Hall–Kier alpha value is -8.66. The van der Waals surface area contributed by atoms with Gasteiger partial charge in [0.25, 0.3) is 0 Å². The lowest BCUT2D eigenvalue weighted by Gasteiger charge is -2.28. The summed E-state index contributed by atoms with van der Waals surface area (Å²) in [5.41, 5.74) is 15.2. The fourth-order valence-electron chi connectivity index (χ4n) is 10.3. The molecule has 0 unspecified atom stereocenters. The van der Waals surface area contributed by atoms with E-state index in [1.165, 1.54) is 87.4 Å². The number of para-hydroxylation sites is 4. The third kappa shape index (κ3) is 5.97. The summed E-state index contributed by atoms with van der Waals surface area (Å²) in [7, 11) is 0. The second kappa shape index (κ2) is 15.0. The third-order valence-corrected chi connectivity index (χ3v) is 13.3. The quantitative estimate of drug-likeness (QED) is 0.156. The zero-order valence-electron chi connectivity index (χ0n) is 35.5. The minimum Gasteiger partial charge on any atom is -0.310 e. The van der Waals surface area contributed by atoms with E-state index in [1.54, 1.807) is 0 Å². The Labute approximate surface area is 376 Å². The number of hydrogen-bond acceptors (Lipinski definition) is 1. The summed E-state index contributed by atoms with van der Waals surface area (Å²) in [6.45, 7) is 0. The van der Waals surface area contributed by atoms with Crippen LogP contribution in [0.25, 0.3) is 98.8 Å². The average Bonchev–Trinajstić information content (AvgIpc) is 3.89. The Morgan fingerprint density at radius 3 is 1.43 bits per heavy atom. The molecule has 2 heterocycles. The van der Waals surface area contributed by atoms with E-state index in [4.69, 9.17) is 0 Å². The lowest BCUT2D eigenvalue weighted by atomic mass is 9.97. The molecule has 13 aromatic rings. The van der Waals surface area contributed by atoms with E-state index in [-0.39, 0.29) is 0 Å². The van der Waals surface area contributed by atoms with Gasteiger partial charge in [0.05, 0.1) is 33.4 Å². The lowest BCUT2D eigenvalue weighted by Crippen LogP contribution is -2.11. The third-order valence-electron chi connectivity index (χ3n) is 13.3. The fraction of sp³-hybridized carbons (Fsp3) is 0. The molecule has 0 amide bonds. The highest BCUT2D eigenvalue weighted by molar-refractivity contribution is 6.13. The number of rotatable bonds is 7. The molecular formula is C62H41N3. The maximum absolute atomic E-state index is 2.43. The van der Waals surface area contributed by atoms with E-state index in [0.717, 1.165) is 28.4 Å². The summed E-state index contributed by atoms with van der Waals surface area (Å²) in [4.78, 5) is 2.42. The standard InChI is InChI=1S/C62H41N3/c1-2-17-46(18-3-1)64-57-26-11-8-24-55(57)56-38-33-45(41-62(56)64)42-29-34-47(35-30-42)63(48-36-31-44(32-37-48)50-25-14-16-43-15-4-5-19-49(43)50)60-39-40-61(54-21-7-6-20-53(54)60)65-58-27-12-9-22-51(58)52-23-10-13-28-59(52)65/h1-41H. The van der Waals surface area contributed by atoms with Crippen molar-refractivity contribution in [1.82, 2.24) is 9.13 Å². The molecule has 0 aliphatic heterocycles. The summed E-state index contributed by atoms with van der Waals surface area (Å²) in [5.74, 6) is 0. The summed E-state index contributed by atoms with van der Waals surface area (Å²) < 4.78 is 4.82. The van der Waals surface area contributed by atoms with Crippen LogP contribution in [-0.2, 0) is 0 Å². The van der Waals surface area contributed by atoms with Gasteiger partial charge in [-0.1, -0.05) is 176 Å². The molecule has 0 saturated heterocycles. The first-order valence-corrected chi connectivity index (χ1v) is 22.3. The van der Waals surface area contributed by atoms with Crippen LogP contribution in [-0.4, -0.2) is 9.13 Å². The molecule has 11 aromatic carbocycles. The van der Waals surface area contributed by atoms with E-state index in [2.05, 4.69) is 263 Å². The second-order valence-corrected chi connectivity index (χ2v) is 16.9. The van der Waals surface area contributed by atoms with Crippen LogP contribution < -0.4 is 4.90 Å². The van der Waals surface area contributed by atoms with Gasteiger partial charge in [-0.05, 0) is 106 Å². The topological polar surface area (TPSA) is 13.1 Å². The molecule has 65 heavy (non-hydrogen) atoms. The zero-order valence-corrected chi connectivity index (χ0v) is 35.5. The minimum absolute atomic E-state index is 1.08. The largest absolute Gasteiger partial charge is 0.310 e. The van der Waals surface area contributed by atoms with Crippen molar-refractivity contribution in [3.63, 3.8) is 0 Å². The Kier molecular flexibility index (Phi) is 8.53. The number of aromatic nitrogens is 2. The smallest absolute Gasteiger partial charge is 0.0547 e. The highest BCUT2D eigenvalue weighted by Crippen LogP contribution is 2.44. The van der Waals surface area contributed by atoms with Crippen molar-refractivity contribution < 1.29 is 0 Å². The van der Waals surface area contributed by atoms with Crippen LogP contribution in [0.2, 0.25) is 0 Å². The van der Waals surface area contributed by atoms with Gasteiger partial charge >= 0.3 is 0 Å². The van der Waals surface area contributed by atoms with Crippen molar-refractivity contribution >= 4 is 82.2 Å². The molecule has 0 N–H and O–H groups in total. The van der Waals surface area contributed by atoms with Gasteiger partial charge in [-0.25, -0.2) is 0 Å². The molecule has 3 heteroatoms. The van der Waals surface area contributed by atoms with Crippen molar-refractivity contribution in [2.24, 2.45) is 0 Å². The molecule has 0 spiro atoms. The van der Waals surface area contributed by atoms with Crippen LogP contribution in [0.1, 0.15) is 0 Å². The summed E-state index contributed by atoms with van der Waals surface area (Å²) in [5, 5.41) is 9.87. The average molecular weight is 828 g/mol. The molecule has 0 fully saturated rings. The summed E-state index contributed by atoms with van der Waals surface area (Å²) >= 11 is 0. The number of nitrogens with zero attached hydrogens (tertiary/aromatic N) is 3. The maximum atomic E-state index is 2.43. The van der Waals surface area contributed by atoms with Crippen molar-refractivity contribution in [1.29, 1.82) is 0 Å². The molecule has 0 bridgehead atoms. The van der Waals surface area contributed by atoms with Crippen LogP contribution in [0.3, 0.4) is 0 Å². The van der Waals surface area contributed by atoms with Crippen molar-refractivity contribution in [2.45, 2.75) is 0 Å². The van der Waals surface area contributed by atoms with Crippen LogP contribution in [0.15, 0.2) is 249 Å². The molecule has 13 rings (SSSR count). The fourth-order valence-corrected chi connectivity index (χ4v) is 10.3. The molecule has 0 radical (unpaired) electrons. The Morgan fingerprint density at radius 1 is 0.277 bits per heavy atom. The molecular weight excluding hydrogens is 787 g/mol. The first-order chi connectivity index (χ1) is 32.3. The van der Waals surface area contributed by atoms with Crippen LogP contribution in [0.5, 0.6) is 0 Å². The lowest BCUT2D eigenvalue weighted by molar-refractivity contribution is 1.18. The minimum atomic E-state index is 1.08. The summed E-state index contributed by atoms with van der Waals surface area (Å²) in [6, 6.07) is 90.7. The molecule has 0 atom stereocenters. The van der Waals surface area contributed by atoms with Crippen molar-refractivity contribution in [3.05, 3.63) is 249 Å². The predicted molar refractivity (Wildman–Crippen MR) is 276 cm³/mol. The normalized spacial score (nSPS) is 11.7. The van der Waals surface area contributed by atoms with E-state index >= 15 is 0 Å². The zero-order chi connectivity index (χ0) is 42.8. The maximum Gasteiger partial charge on any atom is 0.0547 e. The van der Waals surface area contributed by atoms with Crippen molar-refractivity contribution in [3.8, 4) is 33.6 Å². The Bertz CT molecular complexity index is 3870. The van der Waals surface area contributed by atoms with Crippen LogP contribution in [0.4, 0.5) is 17.1 Å². The number of fused-ring (bicyclic) bond motifs is 8. The molecule has 0 aliphatic rings. The van der Waals surface area contributed by atoms with Gasteiger partial charge in [-0.3, -0.25) is 0 Å². The number of benzene rings is 11. The second-order valence-electron chi connectivity index (χ2n) is 16.9. The molecule has 0 saturated carbocycles. The highest BCUT2D eigenvalue weighted by Gasteiger charge is 2.21. The van der Waals surface area contributed by atoms with E-state index in [9.17, 15) is 0 Å². The van der Waals surface area contributed by atoms with Gasteiger partial charge in [0, 0.05) is 49.4 Å². The molecule has 2 aromatic heterocycles. The van der Waals surface area contributed by atoms with Crippen LogP contribution >= 0.6 is 0 Å². The van der Waals surface area contributed by atoms with E-state index in [1.807, 2.05) is 0 Å². The van der Waals surface area contributed by atoms with Gasteiger partial charge in [-0.2, -0.15) is 0 Å². The molecule has 0 aliphatic carbocycles. The van der Waals surface area contributed by atoms with Crippen molar-refractivity contribution in [2.75, 3.05) is 4.90 Å². The van der Waals surface area contributed by atoms with Gasteiger partial charge in [0.15, 0.2) is 0 Å². The van der Waals surface area contributed by atoms with E-state index in [0.29, 0.717) is 0 Å². The first-order valence-electron chi connectivity index (χ1n) is 22.3. The predicted octanol–water partition coefficient (Wildman–Crippen LogP) is 17.0. The highest BCUT2D eigenvalue weighted by atomic mass is 15.1. The van der Waals surface area contributed by atoms with Gasteiger partial charge in [0.2, 0.25) is 0 Å². The van der Waals surface area contributed by atoms with Crippen LogP contribution in [0, 0.1) is 0 Å². The monoisotopic (exact) mass is 827 g/mol. The van der Waals surface area contributed by atoms with E-state index < -0.39 is 0 Å². The number of anilines is 3. The number of hydrogen-bond donors (Lipinski definition) is 0. The van der Waals surface area contributed by atoms with Gasteiger partial charge in [0.1, 0.15) is 0 Å².